The van der Waals surface area contributed by atoms with Crippen LogP contribution in [0.25, 0.3) is 22.3 Å². The minimum Gasteiger partial charge on any atom is -0.307 e. The van der Waals surface area contributed by atoms with E-state index >= 15 is 0 Å². The number of hydrogen-bond donors (Lipinski definition) is 1. The van der Waals surface area contributed by atoms with Gasteiger partial charge in [0.2, 0.25) is 0 Å². The molecule has 1 aliphatic heterocycles. The van der Waals surface area contributed by atoms with E-state index in [0.29, 0.717) is 28.3 Å². The first kappa shape index (κ1) is 26.4. The van der Waals surface area contributed by atoms with Crippen molar-refractivity contribution in [3.63, 3.8) is 0 Å². The summed E-state index contributed by atoms with van der Waals surface area (Å²) in [4.78, 5) is 18.3. The molecule has 3 aromatic carbocycles. The predicted molar refractivity (Wildman–Crippen MR) is 154 cm³/mol. The largest absolute Gasteiger partial charge is 0.307 e. The van der Waals surface area contributed by atoms with E-state index in [9.17, 15) is 9.18 Å². The maximum Gasteiger partial charge on any atom is 0.282 e. The van der Waals surface area contributed by atoms with Crippen LogP contribution in [0.1, 0.15) is 25.0 Å². The van der Waals surface area contributed by atoms with Gasteiger partial charge in [-0.2, -0.15) is 9.78 Å². The third kappa shape index (κ3) is 5.76. The molecule has 1 aromatic heterocycles. The van der Waals surface area contributed by atoms with Crippen LogP contribution >= 0.6 is 15.9 Å². The van der Waals surface area contributed by atoms with Crippen LogP contribution in [-0.4, -0.2) is 58.1 Å². The van der Waals surface area contributed by atoms with Gasteiger partial charge in [0.1, 0.15) is 5.82 Å². The fourth-order valence-corrected chi connectivity index (χ4v) is 5.13. The molecule has 196 valence electrons. The van der Waals surface area contributed by atoms with E-state index < -0.39 is 0 Å². The molecule has 0 bridgehead atoms. The lowest BCUT2D eigenvalue weighted by Crippen LogP contribution is -2.35. The van der Waals surface area contributed by atoms with Gasteiger partial charge in [-0.25, -0.2) is 19.4 Å². The highest BCUT2D eigenvalue weighted by Crippen LogP contribution is 2.22. The summed E-state index contributed by atoms with van der Waals surface area (Å²) >= 11 is 3.43. The summed E-state index contributed by atoms with van der Waals surface area (Å²) in [5, 5.41) is 13.3. The van der Waals surface area contributed by atoms with Crippen LogP contribution in [0.2, 0.25) is 0 Å². The van der Waals surface area contributed by atoms with Gasteiger partial charge in [-0.15, -0.1) is 0 Å². The maximum absolute atomic E-state index is 13.7. The molecule has 1 aliphatic rings. The van der Waals surface area contributed by atoms with Crippen molar-refractivity contribution in [2.75, 3.05) is 26.2 Å². The average Bonchev–Trinajstić information content (AvgIpc) is 3.34. The predicted octanol–water partition coefficient (Wildman–Crippen LogP) is 4.88. The van der Waals surface area contributed by atoms with Crippen molar-refractivity contribution in [3.05, 3.63) is 98.5 Å². The summed E-state index contributed by atoms with van der Waals surface area (Å²) in [5.41, 5.74) is 2.75. The number of hydrogen-bond acceptors (Lipinski definition) is 6. The van der Waals surface area contributed by atoms with Crippen LogP contribution in [0, 0.1) is 5.82 Å². The molecule has 0 atom stereocenters. The van der Waals surface area contributed by atoms with E-state index in [1.54, 1.807) is 18.2 Å². The van der Waals surface area contributed by atoms with Crippen LogP contribution in [0.5, 0.6) is 0 Å². The van der Waals surface area contributed by atoms with Crippen molar-refractivity contribution in [1.82, 2.24) is 25.0 Å². The minimum absolute atomic E-state index is 0.299. The van der Waals surface area contributed by atoms with Crippen molar-refractivity contribution in [3.8, 4) is 11.4 Å². The monoisotopic (exact) mass is 576 g/mol. The Morgan fingerprint density at radius 2 is 1.79 bits per heavy atom. The van der Waals surface area contributed by atoms with Gasteiger partial charge in [-0.1, -0.05) is 66.2 Å². The zero-order valence-electron chi connectivity index (χ0n) is 21.4. The molecule has 0 unspecified atom stereocenters. The Morgan fingerprint density at radius 1 is 1.05 bits per heavy atom. The molecule has 38 heavy (non-hydrogen) atoms. The van der Waals surface area contributed by atoms with Gasteiger partial charge in [0.05, 0.1) is 17.1 Å². The first-order valence-electron chi connectivity index (χ1n) is 12.8. The van der Waals surface area contributed by atoms with Crippen LogP contribution < -0.4 is 10.9 Å². The second-order valence-electron chi connectivity index (χ2n) is 9.30. The van der Waals surface area contributed by atoms with Gasteiger partial charge in [0.15, 0.2) is 5.82 Å². The molecule has 7 nitrogen and oxygen atoms in total. The van der Waals surface area contributed by atoms with E-state index in [1.807, 2.05) is 36.4 Å². The van der Waals surface area contributed by atoms with E-state index in [1.165, 1.54) is 23.0 Å². The molecule has 0 amide bonds. The topological polar surface area (TPSA) is 65.8 Å². The highest BCUT2D eigenvalue weighted by atomic mass is 79.9. The number of aromatic nitrogens is 2. The number of halogens is 2. The Bertz CT molecular complexity index is 1510. The van der Waals surface area contributed by atoms with Crippen molar-refractivity contribution >= 4 is 33.0 Å². The Kier molecular flexibility index (Phi) is 8.09. The van der Waals surface area contributed by atoms with Crippen molar-refractivity contribution in [1.29, 1.82) is 0 Å². The Hall–Kier alpha value is -3.24. The summed E-state index contributed by atoms with van der Waals surface area (Å²) in [6.07, 6.45) is 1.47. The second-order valence-corrected chi connectivity index (χ2v) is 10.2. The normalized spacial score (nSPS) is 15.3. The molecule has 0 saturated carbocycles. The van der Waals surface area contributed by atoms with Gasteiger partial charge in [0, 0.05) is 48.8 Å². The Labute approximate surface area is 229 Å². The fraction of sp³-hybridized carbons (Fsp3) is 0.276. The van der Waals surface area contributed by atoms with Gasteiger partial charge in [-0.05, 0) is 41.5 Å². The summed E-state index contributed by atoms with van der Waals surface area (Å²) in [6, 6.07) is 19.9. The van der Waals surface area contributed by atoms with E-state index in [4.69, 9.17) is 4.98 Å². The molecule has 0 aliphatic carbocycles. The lowest BCUT2D eigenvalue weighted by Gasteiger charge is -2.24. The highest BCUT2D eigenvalue weighted by molar-refractivity contribution is 9.10. The molecule has 9 heteroatoms. The third-order valence-electron chi connectivity index (χ3n) is 6.78. The number of nitrogens with one attached hydrogen (secondary N) is 1. The molecular formula is C29H30BrFN6O. The SMILES string of the molecule is CCN1CC(NCc2ccc(-c3nc4ccc(Br)cc4c(=O)n3/N=C/c3cccc(F)c3)cc2)CN1CC. The molecule has 0 spiro atoms. The van der Waals surface area contributed by atoms with Crippen molar-refractivity contribution in [2.24, 2.45) is 5.10 Å². The summed E-state index contributed by atoms with van der Waals surface area (Å²) < 4.78 is 15.7. The summed E-state index contributed by atoms with van der Waals surface area (Å²) in [6.45, 7) is 9.17. The Balaban J connectivity index is 1.43. The zero-order valence-corrected chi connectivity index (χ0v) is 23.0. The number of benzene rings is 3. The Morgan fingerprint density at radius 3 is 2.47 bits per heavy atom. The number of likely N-dealkylation sites (N-methyl/N-ethyl adjacent to an activating group) is 2. The molecule has 1 fully saturated rings. The van der Waals surface area contributed by atoms with Crippen molar-refractivity contribution < 1.29 is 4.39 Å². The molecule has 1 saturated heterocycles. The van der Waals surface area contributed by atoms with Gasteiger partial charge in [0.25, 0.3) is 5.56 Å². The molecule has 2 heterocycles. The van der Waals surface area contributed by atoms with E-state index in [0.717, 1.165) is 48.3 Å². The molecular weight excluding hydrogens is 547 g/mol. The standard InChI is InChI=1S/C29H30BrFN6O/c1-3-35-18-25(19-36(35)4-2)32-16-20-8-10-22(11-9-20)28-34-27-13-12-23(30)15-26(27)29(38)37(28)33-17-21-6-5-7-24(31)14-21/h5-15,17,25,32H,3-4,16,18-19H2,1-2H3/b33-17+. The summed E-state index contributed by atoms with van der Waals surface area (Å²) in [5.74, 6) is 0.0543. The smallest absolute Gasteiger partial charge is 0.282 e. The maximum atomic E-state index is 13.7. The van der Waals surface area contributed by atoms with Crippen LogP contribution in [-0.2, 0) is 6.54 Å². The molecule has 1 N–H and O–H groups in total. The molecule has 5 rings (SSSR count). The highest BCUT2D eigenvalue weighted by Gasteiger charge is 2.27. The molecule has 0 radical (unpaired) electrons. The second kappa shape index (κ2) is 11.7. The van der Waals surface area contributed by atoms with Gasteiger partial charge >= 0.3 is 0 Å². The number of fused-ring (bicyclic) bond motifs is 1. The van der Waals surface area contributed by atoms with Crippen LogP contribution in [0.4, 0.5) is 4.39 Å². The quantitative estimate of drug-likeness (QED) is 0.303. The van der Waals surface area contributed by atoms with E-state index in [-0.39, 0.29) is 11.4 Å². The van der Waals surface area contributed by atoms with Crippen LogP contribution in [0.3, 0.4) is 0 Å². The van der Waals surface area contributed by atoms with Gasteiger partial charge < -0.3 is 5.32 Å². The third-order valence-corrected chi connectivity index (χ3v) is 7.27. The zero-order chi connectivity index (χ0) is 26.6. The minimum atomic E-state index is -0.367. The molecule has 4 aromatic rings. The lowest BCUT2D eigenvalue weighted by molar-refractivity contribution is 0.0388. The lowest BCUT2D eigenvalue weighted by atomic mass is 10.1. The van der Waals surface area contributed by atoms with E-state index in [2.05, 4.69) is 50.2 Å². The fourth-order valence-electron chi connectivity index (χ4n) is 4.77. The number of rotatable bonds is 8. The average molecular weight is 578 g/mol. The first-order valence-corrected chi connectivity index (χ1v) is 13.6. The van der Waals surface area contributed by atoms with Crippen molar-refractivity contribution in [2.45, 2.75) is 26.4 Å². The summed E-state index contributed by atoms with van der Waals surface area (Å²) in [7, 11) is 0. The van der Waals surface area contributed by atoms with Gasteiger partial charge in [-0.3, -0.25) is 4.79 Å². The number of hydrazine groups is 1. The number of nitrogens with zero attached hydrogens (tertiary/aromatic N) is 5. The van der Waals surface area contributed by atoms with Crippen LogP contribution in [0.15, 0.2) is 81.1 Å². The first-order chi connectivity index (χ1) is 18.4.